The first kappa shape index (κ1) is 88.1. The normalized spacial score (nSPS) is 10.6. The van der Waals surface area contributed by atoms with Crippen molar-refractivity contribution in [1.29, 1.82) is 0 Å². The van der Waals surface area contributed by atoms with E-state index < -0.39 is 31.7 Å². The second-order valence-electron chi connectivity index (χ2n) is 23.5. The minimum absolute atomic E-state index is 0. The quantitative estimate of drug-likeness (QED) is 0.0378. The number of ether oxygens (including phenoxy) is 1. The Morgan fingerprint density at radius 1 is 0.261 bits per heavy atom. The molecule has 2 aromatic heterocycles. The first-order valence-corrected chi connectivity index (χ1v) is 49.1. The molecule has 0 radical (unpaired) electrons. The molecular formula is C96H82BrCl3N4OP4PdZn. The number of rotatable bonds is 13. The fourth-order valence-corrected chi connectivity index (χ4v) is 20.7. The third-order valence-electron chi connectivity index (χ3n) is 15.9. The van der Waals surface area contributed by atoms with Gasteiger partial charge in [-0.1, -0.05) is 406 Å². The molecule has 14 aromatic carbocycles. The zero-order chi connectivity index (χ0) is 76.5. The van der Waals surface area contributed by atoms with Crippen LogP contribution in [0, 0.1) is 6.07 Å². The Bertz CT molecular complexity index is 4090. The maximum absolute atomic E-state index is 5.67. The second kappa shape index (κ2) is 53.5. The number of hydrogen-bond donors (Lipinski definition) is 0. The van der Waals surface area contributed by atoms with Crippen molar-refractivity contribution in [2.24, 2.45) is 0 Å². The van der Waals surface area contributed by atoms with Crippen molar-refractivity contribution in [3.8, 4) is 11.3 Å². The zero-order valence-corrected chi connectivity index (χ0v) is 73.0. The molecule has 0 spiro atoms. The predicted molar refractivity (Wildman–Crippen MR) is 479 cm³/mol. The Morgan fingerprint density at radius 3 is 0.613 bits per heavy atom. The zero-order valence-electron chi connectivity index (χ0n) is 61.1. The van der Waals surface area contributed by atoms with E-state index in [0.717, 1.165) is 24.5 Å². The van der Waals surface area contributed by atoms with E-state index in [0.29, 0.717) is 5.15 Å². The van der Waals surface area contributed by atoms with Crippen LogP contribution in [0.2, 0.25) is 15.7 Å². The van der Waals surface area contributed by atoms with Gasteiger partial charge in [0.2, 0.25) is 10.6 Å². The summed E-state index contributed by atoms with van der Waals surface area (Å²) in [4.78, 5) is 15.1. The molecule has 0 aliphatic carbocycles. The van der Waals surface area contributed by atoms with Crippen molar-refractivity contribution >= 4 is 144 Å². The Kier molecular flexibility index (Phi) is 42.5. The van der Waals surface area contributed by atoms with Crippen LogP contribution in [0.25, 0.3) is 11.3 Å². The van der Waals surface area contributed by atoms with Crippen LogP contribution >= 0.6 is 80.1 Å². The van der Waals surface area contributed by atoms with Crippen LogP contribution in [0.5, 0.6) is 0 Å². The van der Waals surface area contributed by atoms with E-state index in [1.807, 2.05) is 66.7 Å². The van der Waals surface area contributed by atoms with Crippen molar-refractivity contribution in [2.45, 2.75) is 12.8 Å². The van der Waals surface area contributed by atoms with Crippen LogP contribution in [0.3, 0.4) is 0 Å². The topological polar surface area (TPSA) is 60.8 Å². The molecule has 1 aliphatic rings. The van der Waals surface area contributed by atoms with Gasteiger partial charge in [-0.25, -0.2) is 19.9 Å². The number of halogens is 4. The van der Waals surface area contributed by atoms with E-state index in [1.54, 1.807) is 12.3 Å². The smallest absolute Gasteiger partial charge is 0.0134 e. The molecule has 3 heterocycles. The molecule has 5 nitrogen and oxygen atoms in total. The summed E-state index contributed by atoms with van der Waals surface area (Å²) in [6, 6.07) is 155. The summed E-state index contributed by atoms with van der Waals surface area (Å²) in [7, 11) is -1.78. The molecule has 0 unspecified atom stereocenters. The Morgan fingerprint density at radius 2 is 0.459 bits per heavy atom. The fraction of sp³-hybridized carbons (Fsp3) is 0.0417. The van der Waals surface area contributed by atoms with Crippen molar-refractivity contribution in [3.05, 3.63) is 471 Å². The molecule has 16 aromatic rings. The summed E-state index contributed by atoms with van der Waals surface area (Å²) in [5.41, 5.74) is 1.90. The van der Waals surface area contributed by atoms with Gasteiger partial charge < -0.3 is 4.74 Å². The molecule has 1 fully saturated rings. The SMILES string of the molecule is C1CCOC1.Clc1ccnc(Cl)n1.Clc1nccc(-c2ccccc2)n1.[Pd].[Zn+][Br].[c-]1ccccc1.c1ccc(P(c2ccccc2)c2ccccc2)cc1.c1ccc(P(c2ccccc2)c2ccccc2)cc1.c1ccc(P(c2ccccc2)c2ccccc2)cc1.c1ccc(P(c2ccccc2)c2ccccc2)cc1. The molecule has 0 bridgehead atoms. The van der Waals surface area contributed by atoms with Crippen LogP contribution in [0.4, 0.5) is 0 Å². The molecule has 0 atom stereocenters. The Labute approximate surface area is 706 Å². The minimum atomic E-state index is -0.446. The summed E-state index contributed by atoms with van der Waals surface area (Å²) in [6.07, 6.45) is 5.70. The number of benzene rings is 14. The molecule has 1 aliphatic heterocycles. The average Bonchev–Trinajstić information content (AvgIpc) is 0.939. The second-order valence-corrected chi connectivity index (χ2v) is 33.4. The third kappa shape index (κ3) is 31.6. The van der Waals surface area contributed by atoms with Crippen LogP contribution < -0.4 is 63.7 Å². The van der Waals surface area contributed by atoms with Gasteiger partial charge in [0, 0.05) is 51.6 Å². The van der Waals surface area contributed by atoms with E-state index in [4.69, 9.17) is 39.5 Å². The van der Waals surface area contributed by atoms with Crippen LogP contribution in [0.15, 0.2) is 449 Å². The van der Waals surface area contributed by atoms with Gasteiger partial charge in [0.15, 0.2) is 0 Å². The molecular weight excluding hydrogens is 1710 g/mol. The number of aromatic nitrogens is 4. The van der Waals surface area contributed by atoms with E-state index in [-0.39, 0.29) is 31.0 Å². The molecule has 0 N–H and O–H groups in total. The van der Waals surface area contributed by atoms with Crippen molar-refractivity contribution < 1.29 is 41.5 Å². The molecule has 552 valence electrons. The van der Waals surface area contributed by atoms with Gasteiger partial charge in [-0.15, -0.1) is 0 Å². The number of nitrogens with zero attached hydrogens (tertiary/aromatic N) is 4. The Hall–Kier alpha value is -8.44. The molecule has 1 saturated heterocycles. The maximum atomic E-state index is 5.67. The monoisotopic (exact) mass is 1780 g/mol. The number of hydrogen-bond acceptors (Lipinski definition) is 5. The van der Waals surface area contributed by atoms with Gasteiger partial charge in [-0.3, -0.25) is 0 Å². The third-order valence-corrected chi connectivity index (χ3v) is 26.2. The summed E-state index contributed by atoms with van der Waals surface area (Å²) in [5.74, 6) is 0. The van der Waals surface area contributed by atoms with Crippen molar-refractivity contribution in [1.82, 2.24) is 19.9 Å². The van der Waals surface area contributed by atoms with Gasteiger partial charge in [0.25, 0.3) is 0 Å². The maximum Gasteiger partial charge on any atom is -0.0134 e. The van der Waals surface area contributed by atoms with Gasteiger partial charge in [-0.2, -0.15) is 36.4 Å². The van der Waals surface area contributed by atoms with Crippen LogP contribution in [-0.4, -0.2) is 33.1 Å². The molecule has 111 heavy (non-hydrogen) atoms. The van der Waals surface area contributed by atoms with E-state index in [9.17, 15) is 0 Å². The first-order chi connectivity index (χ1) is 54.4. The molecule has 17 rings (SSSR count). The summed E-state index contributed by atoms with van der Waals surface area (Å²) < 4.78 is 4.94. The van der Waals surface area contributed by atoms with Crippen LogP contribution in [-0.2, 0) is 41.5 Å². The Balaban J connectivity index is 0.000000164. The standard InChI is InChI=1S/4C18H15P.C10H7ClN2.C6H5.C4H2Cl2N2.C4H8O.BrH.Pd.Zn/c4*1-4-10-16(11-5-1)19(17-12-6-2-7-13-17)18-14-8-3-9-15-18;11-10-12-7-6-9(13-10)8-4-2-1-3-5-8;1-2-4-6-5-3-1;5-3-1-2-7-4(6)8-3;1-2-4-5-3-1;;;/h4*1-15H;1-7H;1-5H;1-2H;1-4H2;1H;;/q;;;;;-1;;;;;+2/p-1. The van der Waals surface area contributed by atoms with Gasteiger partial charge >= 0.3 is 30.0 Å². The van der Waals surface area contributed by atoms with Crippen molar-refractivity contribution in [2.75, 3.05) is 13.2 Å². The van der Waals surface area contributed by atoms with E-state index in [2.05, 4.69) is 404 Å². The predicted octanol–water partition coefficient (Wildman–Crippen LogP) is 21.5. The summed E-state index contributed by atoms with van der Waals surface area (Å²) >= 11 is 20.7. The van der Waals surface area contributed by atoms with Gasteiger partial charge in [0.1, 0.15) is 5.15 Å². The molecule has 0 saturated carbocycles. The summed E-state index contributed by atoms with van der Waals surface area (Å²) in [5, 5.41) is 17.6. The van der Waals surface area contributed by atoms with E-state index >= 15 is 0 Å². The average molecular weight is 1790 g/mol. The van der Waals surface area contributed by atoms with Crippen molar-refractivity contribution in [3.63, 3.8) is 0 Å². The molecule has 15 heteroatoms. The summed E-state index contributed by atoms with van der Waals surface area (Å²) in [6.45, 7) is 2.00. The molecule has 0 amide bonds. The van der Waals surface area contributed by atoms with Gasteiger partial charge in [0.05, 0.1) is 5.69 Å². The largest absolute Gasteiger partial charge is 0.184 e. The van der Waals surface area contributed by atoms with Gasteiger partial charge in [-0.05, 0) is 144 Å². The fourth-order valence-electron chi connectivity index (χ4n) is 11.0. The van der Waals surface area contributed by atoms with E-state index in [1.165, 1.54) is 99.0 Å². The minimum Gasteiger partial charge on any atom is -0.184 e. The van der Waals surface area contributed by atoms with Crippen LogP contribution in [0.1, 0.15) is 12.8 Å². The first-order valence-electron chi connectivity index (χ1n) is 35.7.